The summed E-state index contributed by atoms with van der Waals surface area (Å²) in [6.07, 6.45) is 1.55. The summed E-state index contributed by atoms with van der Waals surface area (Å²) in [6, 6.07) is 9.71. The van der Waals surface area contributed by atoms with E-state index in [4.69, 9.17) is 40.3 Å². The molecular weight excluding hydrogens is 1150 g/mol. The number of halogens is 4. The van der Waals surface area contributed by atoms with Crippen LogP contribution in [0.15, 0.2) is 55.8 Å². The number of alkyl halides is 3. The molecule has 0 aliphatic carbocycles. The second kappa shape index (κ2) is 31.2. The first-order valence-electron chi connectivity index (χ1n) is 26.8. The number of aromatic amines is 2. The predicted octanol–water partition coefficient (Wildman–Crippen LogP) is 5.43. The topological polar surface area (TPSA) is 312 Å². The third kappa shape index (κ3) is 18.0. The Labute approximate surface area is 485 Å². The molecule has 6 heterocycles. The average Bonchev–Trinajstić information content (AvgIpc) is 2.49. The molecule has 2 fully saturated rings. The van der Waals surface area contributed by atoms with Gasteiger partial charge in [0.2, 0.25) is 10.0 Å². The van der Waals surface area contributed by atoms with Crippen LogP contribution in [-0.2, 0) is 36.7 Å². The van der Waals surface area contributed by atoms with Crippen LogP contribution in [-0.4, -0.2) is 189 Å². The Morgan fingerprint density at radius 3 is 1.49 bits per heavy atom. The van der Waals surface area contributed by atoms with Crippen LogP contribution in [0.1, 0.15) is 96.7 Å². The number of likely N-dealkylation sites (N-methyl/N-ethyl adjacent to an activating group) is 2. The SMILES string of the molecule is C.CCCc1nc(C)c2c(=O)[nH]c(-c3cc(S(=O)(=O)Cl)ccc3OCC)nn12.CCCc1nc(C)c2c(=O)[nH]c(-c3cc(S(=O)(=O)N4CC(N(C)CCCCO)C4)ccc3OCC)nn12.CN(CCCCO)C1CNC1.O=C(O)C(F)(F)F. The van der Waals surface area contributed by atoms with Gasteiger partial charge in [-0.3, -0.25) is 9.59 Å². The first kappa shape index (κ1) is 69.4. The van der Waals surface area contributed by atoms with E-state index >= 15 is 0 Å². The molecule has 0 bridgehead atoms. The number of sulfonamides is 1. The second-order valence-electron chi connectivity index (χ2n) is 19.4. The Bertz CT molecular complexity index is 3460. The van der Waals surface area contributed by atoms with Crippen molar-refractivity contribution in [1.29, 1.82) is 0 Å². The predicted molar refractivity (Wildman–Crippen MR) is 308 cm³/mol. The summed E-state index contributed by atoms with van der Waals surface area (Å²) < 4.78 is 97.9. The maximum atomic E-state index is 13.4. The monoisotopic (exact) mass is 1230 g/mol. The standard InChI is InChI=1S/C25H36N6O5S.C17H19ClN4O4S.C8H18N2O.C2HF3O2.CH4/c1-5-9-22-26-17(3)23-25(33)27-24(28-31(22)23)20-14-19(10-11-21(20)36-6-2)37(34,35)30-15-18(16-30)29(4)12-7-8-13-32;1-4-6-14-19-10(3)15-17(23)20-16(21-22(14)15)12-9-11(27(18,24)25)7-8-13(12)26-5-2;1-10(4-2-3-5-11)8-6-9-7-8;3-2(4,5)1(6)7;/h10-11,14,18,32H,5-9,12-13,15-16H2,1-4H3,(H,27,28,33);7-9H,4-6H2,1-3H3,(H,20,21,23);8-9,11H,2-7H2,1H3;(H,6,7);1H4. The van der Waals surface area contributed by atoms with Crippen LogP contribution in [0.4, 0.5) is 13.2 Å². The normalized spacial score (nSPS) is 14.0. The largest absolute Gasteiger partial charge is 0.493 e. The number of rotatable bonds is 23. The molecule has 83 heavy (non-hydrogen) atoms. The van der Waals surface area contributed by atoms with Crippen LogP contribution in [0.25, 0.3) is 33.8 Å². The first-order valence-corrected chi connectivity index (χ1v) is 30.6. The number of unbranched alkanes of at least 4 members (excludes halogenated alkanes) is 2. The molecule has 2 aliphatic heterocycles. The van der Waals surface area contributed by atoms with Gasteiger partial charge >= 0.3 is 12.1 Å². The quantitative estimate of drug-likeness (QED) is 0.0344. The minimum atomic E-state index is -5.08. The summed E-state index contributed by atoms with van der Waals surface area (Å²) in [5.41, 5.74) is 1.93. The van der Waals surface area contributed by atoms with Crippen LogP contribution in [0.2, 0.25) is 0 Å². The van der Waals surface area contributed by atoms with Crippen molar-refractivity contribution in [2.75, 3.05) is 79.8 Å². The lowest BCUT2D eigenvalue weighted by molar-refractivity contribution is -0.192. The molecule has 0 spiro atoms. The zero-order chi connectivity index (χ0) is 60.7. The van der Waals surface area contributed by atoms with E-state index in [9.17, 15) is 39.6 Å². The zero-order valence-corrected chi connectivity index (χ0v) is 49.6. The molecule has 2 aromatic carbocycles. The van der Waals surface area contributed by atoms with Crippen molar-refractivity contribution in [3.8, 4) is 34.3 Å². The minimum absolute atomic E-state index is 0. The Hall–Kier alpha value is -6.05. The third-order valence-corrected chi connectivity index (χ3v) is 16.5. The highest BCUT2D eigenvalue weighted by molar-refractivity contribution is 8.13. The van der Waals surface area contributed by atoms with Crippen LogP contribution >= 0.6 is 10.7 Å². The number of aliphatic hydroxyl groups excluding tert-OH is 2. The van der Waals surface area contributed by atoms with Crippen molar-refractivity contribution in [3.63, 3.8) is 0 Å². The lowest BCUT2D eigenvalue weighted by Crippen LogP contribution is -2.60. The van der Waals surface area contributed by atoms with E-state index in [0.29, 0.717) is 102 Å². The Balaban J connectivity index is 0.000000278. The number of hydrogen-bond donors (Lipinski definition) is 6. The van der Waals surface area contributed by atoms with E-state index in [0.717, 1.165) is 70.7 Å². The highest BCUT2D eigenvalue weighted by Crippen LogP contribution is 2.34. The lowest BCUT2D eigenvalue weighted by atomic mass is 10.1. The number of carboxylic acids is 1. The maximum Gasteiger partial charge on any atom is 0.490 e. The van der Waals surface area contributed by atoms with Gasteiger partial charge in [0.15, 0.2) is 22.7 Å². The molecule has 6 aromatic rings. The molecule has 0 radical (unpaired) electrons. The summed E-state index contributed by atoms with van der Waals surface area (Å²) in [6.45, 7) is 17.4. The van der Waals surface area contributed by atoms with Gasteiger partial charge in [0.1, 0.15) is 23.1 Å². The number of carbonyl (C=O) groups is 1. The molecule has 24 nitrogen and oxygen atoms in total. The van der Waals surface area contributed by atoms with Crippen LogP contribution in [0.5, 0.6) is 11.5 Å². The summed E-state index contributed by atoms with van der Waals surface area (Å²) in [4.78, 5) is 53.4. The first-order chi connectivity index (χ1) is 38.7. The number of aromatic nitrogens is 8. The van der Waals surface area contributed by atoms with Crippen LogP contribution in [0, 0.1) is 13.8 Å². The molecule has 462 valence electrons. The molecule has 0 unspecified atom stereocenters. The molecule has 0 amide bonds. The van der Waals surface area contributed by atoms with E-state index in [-0.39, 0.29) is 52.6 Å². The summed E-state index contributed by atoms with van der Waals surface area (Å²) in [7, 11) is 1.90. The van der Waals surface area contributed by atoms with Crippen LogP contribution in [0.3, 0.4) is 0 Å². The van der Waals surface area contributed by atoms with Crippen molar-refractivity contribution in [2.45, 2.75) is 128 Å². The number of nitrogens with zero attached hydrogens (tertiary/aromatic N) is 9. The van der Waals surface area contributed by atoms with Crippen molar-refractivity contribution in [1.82, 2.24) is 58.6 Å². The van der Waals surface area contributed by atoms with Gasteiger partial charge in [-0.15, -0.1) is 10.2 Å². The van der Waals surface area contributed by atoms with Crippen molar-refractivity contribution in [2.24, 2.45) is 0 Å². The molecule has 30 heteroatoms. The van der Waals surface area contributed by atoms with E-state index in [1.807, 2.05) is 27.8 Å². The molecule has 6 N–H and O–H groups in total. The van der Waals surface area contributed by atoms with Gasteiger partial charge in [-0.2, -0.15) is 17.5 Å². The fourth-order valence-electron chi connectivity index (χ4n) is 8.69. The molecule has 2 saturated heterocycles. The average molecular weight is 1230 g/mol. The second-order valence-corrected chi connectivity index (χ2v) is 23.9. The van der Waals surface area contributed by atoms with Gasteiger partial charge in [0, 0.05) is 75.0 Å². The summed E-state index contributed by atoms with van der Waals surface area (Å²) in [5, 5.41) is 37.0. The smallest absolute Gasteiger partial charge is 0.490 e. The summed E-state index contributed by atoms with van der Waals surface area (Å²) in [5.74, 6) is -0.200. The number of aryl methyl sites for hydroxylation is 4. The molecule has 2 aliphatic rings. The third-order valence-electron chi connectivity index (χ3n) is 13.3. The highest BCUT2D eigenvalue weighted by atomic mass is 35.7. The molecular formula is C53H78ClF3N12O12S2. The van der Waals surface area contributed by atoms with Gasteiger partial charge in [-0.05, 0) is 130 Å². The fourth-order valence-corrected chi connectivity index (χ4v) is 11.0. The van der Waals surface area contributed by atoms with Crippen molar-refractivity contribution in [3.05, 3.63) is 80.1 Å². The lowest BCUT2D eigenvalue weighted by Gasteiger charge is -2.43. The van der Waals surface area contributed by atoms with Crippen molar-refractivity contribution >= 4 is 46.8 Å². The number of benzene rings is 2. The van der Waals surface area contributed by atoms with E-state index < -0.39 is 31.2 Å². The number of nitrogens with one attached hydrogen (secondary N) is 3. The van der Waals surface area contributed by atoms with Crippen molar-refractivity contribution < 1.29 is 59.6 Å². The minimum Gasteiger partial charge on any atom is -0.493 e. The van der Waals surface area contributed by atoms with Gasteiger partial charge in [0.05, 0.1) is 45.5 Å². The van der Waals surface area contributed by atoms with E-state index in [2.05, 4.69) is 52.3 Å². The maximum absolute atomic E-state index is 13.4. The zero-order valence-electron chi connectivity index (χ0n) is 47.2. The van der Waals surface area contributed by atoms with Gasteiger partial charge in [-0.1, -0.05) is 21.3 Å². The van der Waals surface area contributed by atoms with Gasteiger partial charge < -0.3 is 49.9 Å². The van der Waals surface area contributed by atoms with Crippen LogP contribution < -0.4 is 25.9 Å². The number of ether oxygens (including phenoxy) is 2. The number of aliphatic hydroxyl groups is 2. The molecule has 4 aromatic heterocycles. The Morgan fingerprint density at radius 1 is 0.723 bits per heavy atom. The number of carboxylic acid groups (broad SMARTS) is 1. The Kier molecular flexibility index (Phi) is 26.1. The molecule has 0 atom stereocenters. The van der Waals surface area contributed by atoms with Gasteiger partial charge in [0.25, 0.3) is 20.2 Å². The fraction of sp³-hybridized carbons (Fsp3) is 0.566. The Morgan fingerprint density at radius 2 is 1.13 bits per heavy atom. The molecule has 8 rings (SSSR count). The number of H-pyrrole nitrogens is 2. The van der Waals surface area contributed by atoms with Gasteiger partial charge in [-0.25, -0.2) is 40.6 Å². The molecule has 0 saturated carbocycles. The number of aliphatic carboxylic acids is 1. The van der Waals surface area contributed by atoms with E-state index in [1.165, 1.54) is 39.2 Å². The van der Waals surface area contributed by atoms with E-state index in [1.54, 1.807) is 31.4 Å². The number of hydrogen-bond acceptors (Lipinski definition) is 18. The highest BCUT2D eigenvalue weighted by Gasteiger charge is 2.39. The number of imidazole rings is 2. The summed E-state index contributed by atoms with van der Waals surface area (Å²) >= 11 is 0. The number of fused-ring (bicyclic) bond motifs is 2.